The number of halogens is 1. The Kier molecular flexibility index (Phi) is 9.90. The first kappa shape index (κ1) is 28.9. The number of imidazole rings is 1. The van der Waals surface area contributed by atoms with Gasteiger partial charge < -0.3 is 15.0 Å². The van der Waals surface area contributed by atoms with E-state index in [1.165, 1.54) is 0 Å². The van der Waals surface area contributed by atoms with Crippen molar-refractivity contribution in [1.29, 1.82) is 0 Å². The van der Waals surface area contributed by atoms with E-state index >= 15 is 0 Å². The van der Waals surface area contributed by atoms with Crippen LogP contribution in [0.15, 0.2) is 54.9 Å². The molecule has 1 atom stereocenters. The van der Waals surface area contributed by atoms with Crippen molar-refractivity contribution in [2.24, 2.45) is 0 Å². The van der Waals surface area contributed by atoms with Crippen LogP contribution in [0, 0.1) is 0 Å². The van der Waals surface area contributed by atoms with Gasteiger partial charge in [0.1, 0.15) is 0 Å². The number of benzene rings is 2. The minimum Gasteiger partial charge on any atom is -0.313 e. The summed E-state index contributed by atoms with van der Waals surface area (Å²) in [5.41, 5.74) is 5.46. The number of hydrogen-bond donors (Lipinski definition) is 3. The predicted octanol–water partition coefficient (Wildman–Crippen LogP) is 6.56. The predicted molar refractivity (Wildman–Crippen MR) is 169 cm³/mol. The van der Waals surface area contributed by atoms with Crippen LogP contribution in [-0.4, -0.2) is 49.9 Å². The molecule has 0 aliphatic carbocycles. The molecule has 4 aromatic rings. The van der Waals surface area contributed by atoms with Gasteiger partial charge in [0.05, 0.1) is 19.0 Å². The van der Waals surface area contributed by atoms with Crippen LogP contribution in [0.25, 0.3) is 22.3 Å². The topological polar surface area (TPSA) is 105 Å². The van der Waals surface area contributed by atoms with Gasteiger partial charge in [-0.05, 0) is 20.3 Å². The number of nitrogens with zero attached hydrogens (tertiary/aromatic N) is 4. The number of aliphatic hydroxyl groups excluding tert-OH is 1. The van der Waals surface area contributed by atoms with E-state index in [4.69, 9.17) is 9.97 Å². The molecule has 0 bridgehead atoms. The molecule has 0 unspecified atom stereocenters. The summed E-state index contributed by atoms with van der Waals surface area (Å²) in [5, 5.41) is 16.4. The van der Waals surface area contributed by atoms with Crippen LogP contribution >= 0.6 is 19.8 Å². The number of anilines is 2. The number of alkyl halides is 2. The van der Waals surface area contributed by atoms with Gasteiger partial charge in [-0.25, -0.2) is 0 Å². The molecule has 39 heavy (non-hydrogen) atoms. The van der Waals surface area contributed by atoms with E-state index in [1.54, 1.807) is 6.33 Å². The Labute approximate surface area is 238 Å². The molecule has 0 amide bonds. The third-order valence-electron chi connectivity index (χ3n) is 6.78. The molecule has 0 spiro atoms. The molecular weight excluding hydrogens is 603 g/mol. The fourth-order valence-corrected chi connectivity index (χ4v) is 8.17. The van der Waals surface area contributed by atoms with E-state index in [1.807, 2.05) is 35.8 Å². The fraction of sp³-hybridized carbons (Fsp3) is 0.400. The number of carbonyl (C=O) groups is 1. The van der Waals surface area contributed by atoms with Crippen molar-refractivity contribution in [2.45, 2.75) is 59.7 Å². The third-order valence-corrected chi connectivity index (χ3v) is 12.4. The Hall–Kier alpha value is -3.05. The van der Waals surface area contributed by atoms with Gasteiger partial charge in [0.2, 0.25) is 0 Å². The molecule has 2 aromatic carbocycles. The van der Waals surface area contributed by atoms with Crippen molar-refractivity contribution in [1.82, 2.24) is 19.5 Å². The summed E-state index contributed by atoms with van der Waals surface area (Å²) in [6.45, 7) is 11.0. The average Bonchev–Trinajstić information content (AvgIpc) is 3.40. The number of aliphatic hydroxyl groups is 1. The molecular formula is C30H39IN6O2. The van der Waals surface area contributed by atoms with Gasteiger partial charge in [0.25, 0.3) is 0 Å². The second-order valence-electron chi connectivity index (χ2n) is 9.61. The third kappa shape index (κ3) is 6.58. The van der Waals surface area contributed by atoms with Gasteiger partial charge in [0.15, 0.2) is 0 Å². The summed E-state index contributed by atoms with van der Waals surface area (Å²) in [6, 6.07) is 16.4. The first-order chi connectivity index (χ1) is 18.9. The van der Waals surface area contributed by atoms with Gasteiger partial charge in [-0.15, -0.1) is 0 Å². The maximum atomic E-state index is 13.2. The summed E-state index contributed by atoms with van der Waals surface area (Å²) in [7, 11) is 0. The second-order valence-corrected chi connectivity index (χ2v) is 16.2. The van der Waals surface area contributed by atoms with Crippen molar-refractivity contribution in [2.75, 3.05) is 26.1 Å². The molecule has 0 saturated carbocycles. The fourth-order valence-electron chi connectivity index (χ4n) is 4.41. The van der Waals surface area contributed by atoms with E-state index in [2.05, 4.69) is 67.6 Å². The molecule has 0 aliphatic rings. The molecule has 8 nitrogen and oxygen atoms in total. The number of carbonyl (C=O) groups excluding carboxylic acids is 1. The summed E-state index contributed by atoms with van der Waals surface area (Å²) in [6.07, 6.45) is 2.55. The summed E-state index contributed by atoms with van der Waals surface area (Å²) < 4.78 is 4.39. The minimum absolute atomic E-state index is 0.00515. The summed E-state index contributed by atoms with van der Waals surface area (Å²) in [5.74, 6) is 1.11. The van der Waals surface area contributed by atoms with Crippen LogP contribution in [0.4, 0.5) is 11.8 Å². The van der Waals surface area contributed by atoms with E-state index in [-0.39, 0.29) is 18.7 Å². The molecule has 4 rings (SSSR count). The zero-order chi connectivity index (χ0) is 27.9. The smallest absolute Gasteiger partial charge is 0.313 e. The standard InChI is InChI=1S/C30H39IN6O2/c1-6-23(18-38)34-30-35-28(26-29(36-30)37(19-33-26)20(4)5)32-17-21-13-15-22(16-14-21)24-11-9-10-12-25(24)27(39)31(7-2)8-3/h9-16,19-20,23,38H,6-8,17-18H2,1-5H3,(H2,32,34,35,36)/t23-/m1/s1. The molecule has 2 aromatic heterocycles. The Bertz CT molecular complexity index is 1390. The van der Waals surface area contributed by atoms with E-state index < -0.39 is 19.8 Å². The van der Waals surface area contributed by atoms with Crippen molar-refractivity contribution in [3.63, 3.8) is 0 Å². The van der Waals surface area contributed by atoms with Crippen LogP contribution in [0.5, 0.6) is 0 Å². The van der Waals surface area contributed by atoms with Gasteiger partial charge in [-0.2, -0.15) is 4.98 Å². The molecule has 0 fully saturated rings. The SMILES string of the molecule is CC[C@H](CO)Nc1nc(NCc2ccc(-c3ccccc3C(=O)I(CC)CC)cc2)c2ncn(C(C)C)c2n1. The molecule has 9 heteroatoms. The van der Waals surface area contributed by atoms with Crippen LogP contribution in [-0.2, 0) is 6.54 Å². The average molecular weight is 643 g/mol. The van der Waals surface area contributed by atoms with Gasteiger partial charge in [-0.3, -0.25) is 0 Å². The Morgan fingerprint density at radius 2 is 1.74 bits per heavy atom. The van der Waals surface area contributed by atoms with Crippen molar-refractivity contribution in [3.8, 4) is 11.1 Å². The first-order valence-electron chi connectivity index (χ1n) is 13.6. The van der Waals surface area contributed by atoms with Crippen molar-refractivity contribution >= 4 is 46.5 Å². The molecule has 208 valence electrons. The first-order valence-corrected chi connectivity index (χ1v) is 17.7. The van der Waals surface area contributed by atoms with Crippen molar-refractivity contribution in [3.05, 3.63) is 66.0 Å². The molecule has 0 radical (unpaired) electrons. The normalized spacial score (nSPS) is 12.5. The van der Waals surface area contributed by atoms with Crippen LogP contribution in [0.2, 0.25) is 0 Å². The number of aromatic nitrogens is 4. The maximum absolute atomic E-state index is 13.2. The number of fused-ring (bicyclic) bond motifs is 1. The molecule has 0 saturated heterocycles. The monoisotopic (exact) mass is 642 g/mol. The van der Waals surface area contributed by atoms with Crippen molar-refractivity contribution < 1.29 is 9.90 Å². The zero-order valence-corrected chi connectivity index (χ0v) is 25.6. The van der Waals surface area contributed by atoms with E-state index in [0.29, 0.717) is 27.6 Å². The van der Waals surface area contributed by atoms with E-state index in [9.17, 15) is 9.90 Å². The van der Waals surface area contributed by atoms with Gasteiger partial charge in [0, 0.05) is 6.04 Å². The van der Waals surface area contributed by atoms with Crippen LogP contribution in [0.1, 0.15) is 63.0 Å². The molecule has 2 heterocycles. The molecule has 3 N–H and O–H groups in total. The van der Waals surface area contributed by atoms with Gasteiger partial charge in [-0.1, -0.05) is 6.92 Å². The van der Waals surface area contributed by atoms with Crippen LogP contribution < -0.4 is 10.6 Å². The number of nitrogens with one attached hydrogen (secondary N) is 2. The Balaban J connectivity index is 1.58. The minimum atomic E-state index is -1.64. The second kappa shape index (κ2) is 13.3. The number of hydrogen-bond acceptors (Lipinski definition) is 7. The Morgan fingerprint density at radius 1 is 1.03 bits per heavy atom. The summed E-state index contributed by atoms with van der Waals surface area (Å²) in [4.78, 5) is 27.2. The Morgan fingerprint density at radius 3 is 2.38 bits per heavy atom. The van der Waals surface area contributed by atoms with E-state index in [0.717, 1.165) is 43.2 Å². The zero-order valence-electron chi connectivity index (χ0n) is 23.4. The quantitative estimate of drug-likeness (QED) is 0.0863. The molecule has 0 aliphatic heterocycles. The number of rotatable bonds is 13. The summed E-state index contributed by atoms with van der Waals surface area (Å²) >= 11 is -1.64. The van der Waals surface area contributed by atoms with Gasteiger partial charge >= 0.3 is 167 Å². The van der Waals surface area contributed by atoms with Crippen LogP contribution in [0.3, 0.4) is 0 Å².